The molecule has 42 heavy (non-hydrogen) atoms. The van der Waals surface area contributed by atoms with Crippen molar-refractivity contribution in [1.82, 2.24) is 24.8 Å². The third kappa shape index (κ3) is 5.72. The second kappa shape index (κ2) is 11.4. The Morgan fingerprint density at radius 3 is 2.45 bits per heavy atom. The summed E-state index contributed by atoms with van der Waals surface area (Å²) in [6, 6.07) is 9.45. The fourth-order valence-electron chi connectivity index (χ4n) is 5.25. The van der Waals surface area contributed by atoms with Gasteiger partial charge in [0.05, 0.1) is 29.1 Å². The van der Waals surface area contributed by atoms with E-state index >= 15 is 4.39 Å². The molecule has 10 nitrogen and oxygen atoms in total. The molecule has 1 aliphatic rings. The average Bonchev–Trinajstić information content (AvgIpc) is 3.37. The number of amides is 1. The quantitative estimate of drug-likeness (QED) is 0.287. The Balaban J connectivity index is 1.41. The molecule has 0 aliphatic carbocycles. The molecular formula is C29H33F2N7O3S. The summed E-state index contributed by atoms with van der Waals surface area (Å²) in [4.78, 5) is 28.6. The lowest BCUT2D eigenvalue weighted by Crippen LogP contribution is -2.58. The van der Waals surface area contributed by atoms with E-state index in [1.807, 2.05) is 6.92 Å². The zero-order valence-electron chi connectivity index (χ0n) is 23.9. The molecule has 1 unspecified atom stereocenters. The lowest BCUT2D eigenvalue weighted by molar-refractivity contribution is -0.122. The first-order valence-corrected chi connectivity index (χ1v) is 15.4. The van der Waals surface area contributed by atoms with Crippen molar-refractivity contribution in [3.63, 3.8) is 0 Å². The molecule has 222 valence electrons. The Morgan fingerprint density at radius 1 is 1.10 bits per heavy atom. The number of fused-ring (bicyclic) bond motifs is 1. The Labute approximate surface area is 243 Å². The van der Waals surface area contributed by atoms with Gasteiger partial charge in [-0.2, -0.15) is 0 Å². The van der Waals surface area contributed by atoms with Gasteiger partial charge < -0.3 is 15.6 Å². The molecule has 0 spiro atoms. The first-order valence-electron chi connectivity index (χ1n) is 13.5. The molecule has 1 saturated heterocycles. The summed E-state index contributed by atoms with van der Waals surface area (Å²) >= 11 is 0. The van der Waals surface area contributed by atoms with E-state index in [0.717, 1.165) is 31.6 Å². The SMILES string of the molecule is CC(C(=O)Nc1cccc2c(-c3nc(Nc4cccc(S(C)(=O)=O)c4F)ncc3F)c[nH]c12)N1C[C@H](C)N(C)[C@@H](C)C1. The number of halogens is 2. The van der Waals surface area contributed by atoms with Crippen LogP contribution in [-0.2, 0) is 14.6 Å². The van der Waals surface area contributed by atoms with Gasteiger partial charge in [-0.15, -0.1) is 0 Å². The number of anilines is 3. The first kappa shape index (κ1) is 29.5. The molecule has 13 heteroatoms. The minimum Gasteiger partial charge on any atom is -0.359 e. The van der Waals surface area contributed by atoms with Crippen molar-refractivity contribution in [3.8, 4) is 11.3 Å². The number of sulfone groups is 1. The highest BCUT2D eigenvalue weighted by Crippen LogP contribution is 2.34. The third-order valence-electron chi connectivity index (χ3n) is 7.90. The van der Waals surface area contributed by atoms with Crippen LogP contribution in [0.2, 0.25) is 0 Å². The van der Waals surface area contributed by atoms with Crippen LogP contribution in [0, 0.1) is 11.6 Å². The molecule has 0 saturated carbocycles. The predicted molar refractivity (Wildman–Crippen MR) is 158 cm³/mol. The smallest absolute Gasteiger partial charge is 0.241 e. The van der Waals surface area contributed by atoms with Gasteiger partial charge in [-0.3, -0.25) is 14.6 Å². The highest BCUT2D eigenvalue weighted by molar-refractivity contribution is 7.90. The molecular weight excluding hydrogens is 564 g/mol. The molecule has 0 radical (unpaired) electrons. The molecule has 3 N–H and O–H groups in total. The van der Waals surface area contributed by atoms with Crippen molar-refractivity contribution in [1.29, 1.82) is 0 Å². The Bertz CT molecular complexity index is 1750. The zero-order valence-corrected chi connectivity index (χ0v) is 24.8. The van der Waals surface area contributed by atoms with Crippen LogP contribution in [0.25, 0.3) is 22.2 Å². The lowest BCUT2D eigenvalue weighted by atomic mass is 10.1. The van der Waals surface area contributed by atoms with E-state index < -0.39 is 26.4 Å². The minimum atomic E-state index is -3.81. The molecule has 0 bridgehead atoms. The summed E-state index contributed by atoms with van der Waals surface area (Å²) in [5, 5.41) is 6.27. The molecule has 1 amide bonds. The Morgan fingerprint density at radius 2 is 1.76 bits per heavy atom. The molecule has 3 atom stereocenters. The predicted octanol–water partition coefficient (Wildman–Crippen LogP) is 4.40. The molecule has 4 aromatic rings. The van der Waals surface area contributed by atoms with Gasteiger partial charge in [0.25, 0.3) is 0 Å². The van der Waals surface area contributed by atoms with Crippen LogP contribution in [0.3, 0.4) is 0 Å². The maximum atomic E-state index is 15.0. The van der Waals surface area contributed by atoms with Crippen molar-refractivity contribution in [2.45, 2.75) is 43.8 Å². The number of likely N-dealkylation sites (N-methyl/N-ethyl adjacent to an activating group) is 1. The van der Waals surface area contributed by atoms with Gasteiger partial charge in [0, 0.05) is 48.6 Å². The second-order valence-corrected chi connectivity index (χ2v) is 12.8. The van der Waals surface area contributed by atoms with E-state index in [4.69, 9.17) is 0 Å². The fourth-order valence-corrected chi connectivity index (χ4v) is 6.01. The average molecular weight is 598 g/mol. The second-order valence-electron chi connectivity index (χ2n) is 10.8. The van der Waals surface area contributed by atoms with Crippen LogP contribution >= 0.6 is 0 Å². The monoisotopic (exact) mass is 597 g/mol. The maximum absolute atomic E-state index is 15.0. The fraction of sp³-hybridized carbons (Fsp3) is 0.345. The van der Waals surface area contributed by atoms with Gasteiger partial charge in [0.15, 0.2) is 21.5 Å². The van der Waals surface area contributed by atoms with E-state index in [1.165, 1.54) is 12.1 Å². The van der Waals surface area contributed by atoms with Crippen LogP contribution in [0.4, 0.5) is 26.1 Å². The number of carbonyl (C=O) groups is 1. The van der Waals surface area contributed by atoms with Gasteiger partial charge in [0.1, 0.15) is 10.6 Å². The summed E-state index contributed by atoms with van der Waals surface area (Å²) in [7, 11) is -1.72. The van der Waals surface area contributed by atoms with Gasteiger partial charge in [0.2, 0.25) is 11.9 Å². The highest BCUT2D eigenvalue weighted by atomic mass is 32.2. The van der Waals surface area contributed by atoms with E-state index in [-0.39, 0.29) is 29.3 Å². The Kier molecular flexibility index (Phi) is 8.01. The van der Waals surface area contributed by atoms with E-state index in [1.54, 1.807) is 24.4 Å². The summed E-state index contributed by atoms with van der Waals surface area (Å²) in [6.07, 6.45) is 3.43. The van der Waals surface area contributed by atoms with Gasteiger partial charge in [-0.25, -0.2) is 27.2 Å². The van der Waals surface area contributed by atoms with E-state index in [0.29, 0.717) is 34.2 Å². The van der Waals surface area contributed by atoms with Crippen molar-refractivity contribution < 1.29 is 22.0 Å². The number of piperazine rings is 1. The first-order chi connectivity index (χ1) is 19.8. The number of nitrogens with one attached hydrogen (secondary N) is 3. The van der Waals surface area contributed by atoms with Crippen molar-refractivity contribution >= 4 is 44.0 Å². The highest BCUT2D eigenvalue weighted by Gasteiger charge is 2.32. The number of H-pyrrole nitrogens is 1. The summed E-state index contributed by atoms with van der Waals surface area (Å²) in [5.41, 5.74) is 1.31. The normalized spacial score (nSPS) is 19.1. The molecule has 1 fully saturated rings. The van der Waals surface area contributed by atoms with Crippen LogP contribution in [0.15, 0.2) is 53.7 Å². The summed E-state index contributed by atoms with van der Waals surface area (Å²) in [6.45, 7) is 7.73. The van der Waals surface area contributed by atoms with E-state index in [2.05, 4.69) is 56.3 Å². The van der Waals surface area contributed by atoms with Crippen LogP contribution < -0.4 is 10.6 Å². The molecule has 1 aliphatic heterocycles. The van der Waals surface area contributed by atoms with Crippen LogP contribution in [0.1, 0.15) is 20.8 Å². The standard InChI is InChI=1S/C29H33F2N7O3S/c1-16-14-38(15-17(2)37(16)4)18(3)28(39)34-23-10-6-8-19-20(12-32-27(19)23)26-21(30)13-33-29(36-26)35-22-9-7-11-24(25(22)31)42(5,40)41/h6-13,16-18,32H,14-15H2,1-5H3,(H,34,39)(H,33,35,36)/t16-,17-,18?/m0/s1. The van der Waals surface area contributed by atoms with Crippen molar-refractivity contribution in [2.75, 3.05) is 37.0 Å². The minimum absolute atomic E-state index is 0.0596. The van der Waals surface area contributed by atoms with E-state index in [9.17, 15) is 17.6 Å². The van der Waals surface area contributed by atoms with Gasteiger partial charge in [-0.1, -0.05) is 18.2 Å². The van der Waals surface area contributed by atoms with Crippen LogP contribution in [0.5, 0.6) is 0 Å². The number of rotatable bonds is 7. The van der Waals surface area contributed by atoms with Crippen LogP contribution in [-0.4, -0.2) is 83.6 Å². The summed E-state index contributed by atoms with van der Waals surface area (Å²) < 4.78 is 53.7. The number of hydrogen-bond donors (Lipinski definition) is 3. The number of para-hydroxylation sites is 1. The molecule has 2 aromatic carbocycles. The zero-order chi connectivity index (χ0) is 30.3. The van der Waals surface area contributed by atoms with Gasteiger partial charge in [-0.05, 0) is 46.0 Å². The topological polar surface area (TPSA) is 123 Å². The molecule has 5 rings (SSSR count). The molecule has 3 heterocycles. The number of aromatic amines is 1. The third-order valence-corrected chi connectivity index (χ3v) is 9.01. The Hall–Kier alpha value is -3.94. The van der Waals surface area contributed by atoms with Crippen molar-refractivity contribution in [3.05, 3.63) is 60.4 Å². The van der Waals surface area contributed by atoms with Gasteiger partial charge >= 0.3 is 0 Å². The number of carbonyl (C=O) groups excluding carboxylic acids is 1. The maximum Gasteiger partial charge on any atom is 0.241 e. The van der Waals surface area contributed by atoms with Crippen molar-refractivity contribution in [2.24, 2.45) is 0 Å². The number of nitrogens with zero attached hydrogens (tertiary/aromatic N) is 4. The number of benzene rings is 2. The number of hydrogen-bond acceptors (Lipinski definition) is 8. The molecule has 2 aromatic heterocycles. The number of aromatic nitrogens is 3. The summed E-state index contributed by atoms with van der Waals surface area (Å²) in [5.74, 6) is -1.98. The lowest BCUT2D eigenvalue weighted by Gasteiger charge is -2.44. The largest absolute Gasteiger partial charge is 0.359 e.